The summed E-state index contributed by atoms with van der Waals surface area (Å²) in [6.45, 7) is -1.14. The van der Waals surface area contributed by atoms with E-state index in [-0.39, 0.29) is 50.1 Å². The van der Waals surface area contributed by atoms with E-state index in [1.54, 1.807) is 7.11 Å². The van der Waals surface area contributed by atoms with Crippen LogP contribution in [0.2, 0.25) is 0 Å². The number of fused-ring (bicyclic) bond motifs is 1. The van der Waals surface area contributed by atoms with Gasteiger partial charge in [0.25, 0.3) is 0 Å². The van der Waals surface area contributed by atoms with Crippen LogP contribution in [0.25, 0.3) is 0 Å². The van der Waals surface area contributed by atoms with Crippen molar-refractivity contribution in [2.24, 2.45) is 23.7 Å². The van der Waals surface area contributed by atoms with E-state index in [9.17, 15) is 26.3 Å². The molecular formula is C27H43F8N9O. The Balaban J connectivity index is 1.18. The number of methoxy groups -OCH3 is 1. The van der Waals surface area contributed by atoms with Gasteiger partial charge in [0.15, 0.2) is 5.96 Å². The largest absolute Gasteiger partial charge is 0.406 e. The first kappa shape index (κ1) is 33.3. The molecule has 4 saturated heterocycles. The number of guanidine groups is 1. The van der Waals surface area contributed by atoms with Crippen molar-refractivity contribution in [2.45, 2.75) is 93.2 Å². The van der Waals surface area contributed by atoms with Crippen molar-refractivity contribution in [3.05, 3.63) is 0 Å². The zero-order chi connectivity index (χ0) is 32.4. The minimum Gasteiger partial charge on any atom is -0.366 e. The first-order chi connectivity index (χ1) is 21.2. The summed E-state index contributed by atoms with van der Waals surface area (Å²) in [5.74, 6) is -2.07. The summed E-state index contributed by atoms with van der Waals surface area (Å²) in [5, 5.41) is 24.7. The van der Waals surface area contributed by atoms with Crippen LogP contribution in [0.1, 0.15) is 25.7 Å². The van der Waals surface area contributed by atoms with E-state index in [2.05, 4.69) is 26.6 Å². The highest BCUT2D eigenvalue weighted by Crippen LogP contribution is 2.42. The average Bonchev–Trinajstić information content (AvgIpc) is 3.69. The topological polar surface area (TPSA) is 103 Å². The Morgan fingerprint density at radius 1 is 0.911 bits per heavy atom. The third-order valence-corrected chi connectivity index (χ3v) is 10.5. The second-order valence-electron chi connectivity index (χ2n) is 13.6. The second kappa shape index (κ2) is 12.5. The standard InChI is InChI=1S/C27H43F8N9O/c1-42-9-17(27(33,34)35)40-23(42)18-14(28)5-12(6-15(18)29)8-43-22-16(44(25(43)36)10-26(30,31)32)7-37-21(41-22)19-20(13-3-4-13)38-11-39-24(19)45-2/h12-24,36-41H,3-11H2,1-2H3. The zero-order valence-electron chi connectivity index (χ0n) is 25.1. The minimum absolute atomic E-state index is 0.0678. The number of halogens is 8. The minimum atomic E-state index is -4.58. The Hall–Kier alpha value is -1.57. The van der Waals surface area contributed by atoms with Gasteiger partial charge in [-0.3, -0.25) is 31.6 Å². The summed E-state index contributed by atoms with van der Waals surface area (Å²) in [7, 11) is 2.99. The monoisotopic (exact) mass is 661 g/mol. The fourth-order valence-corrected chi connectivity index (χ4v) is 8.36. The van der Waals surface area contributed by atoms with E-state index in [1.807, 2.05) is 0 Å². The van der Waals surface area contributed by atoms with E-state index < -0.39 is 80.2 Å². The predicted octanol–water partition coefficient (Wildman–Crippen LogP) is 1.33. The molecule has 4 aliphatic heterocycles. The quantitative estimate of drug-likeness (QED) is 0.226. The highest BCUT2D eigenvalue weighted by atomic mass is 19.4. The number of alkyl halides is 8. The highest BCUT2D eigenvalue weighted by Gasteiger charge is 2.56. The molecule has 6 aliphatic rings. The van der Waals surface area contributed by atoms with Crippen molar-refractivity contribution < 1.29 is 39.9 Å². The van der Waals surface area contributed by atoms with Gasteiger partial charge >= 0.3 is 12.4 Å². The third kappa shape index (κ3) is 6.74. The Kier molecular flexibility index (Phi) is 9.24. The molecule has 10 nitrogen and oxygen atoms in total. The van der Waals surface area contributed by atoms with Crippen molar-refractivity contribution in [1.29, 1.82) is 5.41 Å². The molecule has 10 atom stereocenters. The summed E-state index contributed by atoms with van der Waals surface area (Å²) in [4.78, 5) is 3.74. The molecule has 0 aromatic rings. The lowest BCUT2D eigenvalue weighted by Crippen LogP contribution is -2.73. The molecule has 0 aromatic carbocycles. The molecule has 4 heterocycles. The SMILES string of the molecule is COC1NCNC(C2CC2)C1C1NCC2C(N1)N(CC1CC(F)C(C3NC(C(F)(F)F)CN3C)C(F)C1)C(=N)N2CC(F)(F)F. The van der Waals surface area contributed by atoms with Crippen LogP contribution < -0.4 is 26.6 Å². The van der Waals surface area contributed by atoms with Gasteiger partial charge in [-0.1, -0.05) is 0 Å². The molecule has 6 N–H and O–H groups in total. The van der Waals surface area contributed by atoms with E-state index in [0.29, 0.717) is 12.6 Å². The van der Waals surface area contributed by atoms with Gasteiger partial charge in [0.2, 0.25) is 0 Å². The molecule has 10 unspecified atom stereocenters. The number of ether oxygens (including phenoxy) is 1. The number of hydrogen-bond donors (Lipinski definition) is 6. The predicted molar refractivity (Wildman–Crippen MR) is 147 cm³/mol. The van der Waals surface area contributed by atoms with Gasteiger partial charge in [0.05, 0.1) is 24.3 Å². The van der Waals surface area contributed by atoms with Crippen LogP contribution in [-0.4, -0.2) is 135 Å². The second-order valence-corrected chi connectivity index (χ2v) is 13.6. The zero-order valence-corrected chi connectivity index (χ0v) is 25.1. The smallest absolute Gasteiger partial charge is 0.366 e. The van der Waals surface area contributed by atoms with Crippen LogP contribution in [0.4, 0.5) is 35.1 Å². The lowest BCUT2D eigenvalue weighted by molar-refractivity contribution is -0.151. The summed E-state index contributed by atoms with van der Waals surface area (Å²) < 4.78 is 118. The molecule has 18 heteroatoms. The van der Waals surface area contributed by atoms with Gasteiger partial charge in [0.1, 0.15) is 37.3 Å². The van der Waals surface area contributed by atoms with Crippen LogP contribution in [0.15, 0.2) is 0 Å². The van der Waals surface area contributed by atoms with Crippen LogP contribution in [0, 0.1) is 29.1 Å². The third-order valence-electron chi connectivity index (χ3n) is 10.5. The molecule has 6 fully saturated rings. The average molecular weight is 662 g/mol. The fourth-order valence-electron chi connectivity index (χ4n) is 8.36. The van der Waals surface area contributed by atoms with Crippen LogP contribution in [0.3, 0.4) is 0 Å². The molecule has 0 bridgehead atoms. The highest BCUT2D eigenvalue weighted by molar-refractivity contribution is 5.80. The maximum Gasteiger partial charge on any atom is 0.406 e. The number of hydrogen-bond acceptors (Lipinski definition) is 8. The van der Waals surface area contributed by atoms with Gasteiger partial charge in [0, 0.05) is 45.4 Å². The molecule has 2 saturated carbocycles. The Bertz CT molecular complexity index is 1050. The molecule has 258 valence electrons. The number of nitrogens with zero attached hydrogens (tertiary/aromatic N) is 3. The van der Waals surface area contributed by atoms with E-state index in [1.165, 1.54) is 16.8 Å². The first-order valence-electron chi connectivity index (χ1n) is 15.6. The maximum atomic E-state index is 15.6. The van der Waals surface area contributed by atoms with Gasteiger partial charge in [-0.2, -0.15) is 26.3 Å². The molecule has 0 aromatic heterocycles. The van der Waals surface area contributed by atoms with Gasteiger partial charge in [-0.25, -0.2) is 8.78 Å². The molecule has 0 radical (unpaired) electrons. The Labute approximate surface area is 256 Å². The van der Waals surface area contributed by atoms with E-state index in [4.69, 9.17) is 10.1 Å². The lowest BCUT2D eigenvalue weighted by Gasteiger charge is -2.48. The first-order valence-corrected chi connectivity index (χ1v) is 15.6. The van der Waals surface area contributed by atoms with Crippen molar-refractivity contribution in [3.8, 4) is 0 Å². The number of rotatable bonds is 7. The van der Waals surface area contributed by atoms with Gasteiger partial charge in [-0.15, -0.1) is 0 Å². The Morgan fingerprint density at radius 3 is 2.18 bits per heavy atom. The maximum absolute atomic E-state index is 15.6. The van der Waals surface area contributed by atoms with Crippen LogP contribution in [0.5, 0.6) is 0 Å². The molecule has 2 aliphatic carbocycles. The summed E-state index contributed by atoms with van der Waals surface area (Å²) >= 11 is 0. The lowest BCUT2D eigenvalue weighted by atomic mass is 9.77. The van der Waals surface area contributed by atoms with Crippen molar-refractivity contribution in [3.63, 3.8) is 0 Å². The summed E-state index contributed by atoms with van der Waals surface area (Å²) in [6.07, 6.45) is -13.6. The number of nitrogens with one attached hydrogen (secondary N) is 6. The van der Waals surface area contributed by atoms with Crippen molar-refractivity contribution in [2.75, 3.05) is 47.0 Å². The van der Waals surface area contributed by atoms with E-state index in [0.717, 1.165) is 17.7 Å². The summed E-state index contributed by atoms with van der Waals surface area (Å²) in [6, 6.07) is -2.57. The normalized spacial score (nSPS) is 43.6. The molecular weight excluding hydrogens is 618 g/mol. The van der Waals surface area contributed by atoms with Crippen molar-refractivity contribution >= 4 is 5.96 Å². The van der Waals surface area contributed by atoms with Crippen molar-refractivity contribution in [1.82, 2.24) is 41.3 Å². The number of likely N-dealkylation sites (N-methyl/N-ethyl adjacent to an activating group) is 1. The molecule has 45 heavy (non-hydrogen) atoms. The molecule has 6 rings (SSSR count). The Morgan fingerprint density at radius 2 is 1.60 bits per heavy atom. The molecule has 0 spiro atoms. The fraction of sp³-hybridized carbons (Fsp3) is 0.963. The van der Waals surface area contributed by atoms with E-state index >= 15 is 8.78 Å². The van der Waals surface area contributed by atoms with Gasteiger partial charge < -0.3 is 19.9 Å². The van der Waals surface area contributed by atoms with Crippen LogP contribution >= 0.6 is 0 Å². The van der Waals surface area contributed by atoms with Gasteiger partial charge in [-0.05, 0) is 44.6 Å². The van der Waals surface area contributed by atoms with Crippen LogP contribution in [-0.2, 0) is 4.74 Å². The summed E-state index contributed by atoms with van der Waals surface area (Å²) in [5.41, 5.74) is 0. The molecule has 0 amide bonds.